The van der Waals surface area contributed by atoms with Crippen molar-refractivity contribution in [3.05, 3.63) is 23.8 Å². The van der Waals surface area contributed by atoms with E-state index in [1.807, 2.05) is 25.1 Å². The zero-order chi connectivity index (χ0) is 15.6. The van der Waals surface area contributed by atoms with Gasteiger partial charge in [-0.25, -0.2) is 5.43 Å². The number of benzene rings is 1. The molecular weight excluding hydrogens is 284 g/mol. The van der Waals surface area contributed by atoms with E-state index in [1.54, 1.807) is 13.3 Å². The highest BCUT2D eigenvalue weighted by Gasteiger charge is 2.32. The molecule has 2 aliphatic heterocycles. The summed E-state index contributed by atoms with van der Waals surface area (Å²) in [5, 5.41) is 3.94. The summed E-state index contributed by atoms with van der Waals surface area (Å²) in [7, 11) is 1.61. The Bertz CT molecular complexity index is 596. The molecule has 6 heteroatoms. The average Bonchev–Trinajstić information content (AvgIpc) is 3.00. The maximum Gasteiger partial charge on any atom is 0.241 e. The number of hydrogen-bond donors (Lipinski definition) is 1. The van der Waals surface area contributed by atoms with Crippen molar-refractivity contribution in [2.45, 2.75) is 31.3 Å². The number of methoxy groups -OCH3 is 1. The van der Waals surface area contributed by atoms with Crippen LogP contribution in [0, 0.1) is 0 Å². The maximum atomic E-state index is 11.6. The molecule has 0 aliphatic carbocycles. The molecule has 1 fully saturated rings. The molecule has 0 aromatic heterocycles. The van der Waals surface area contributed by atoms with Crippen molar-refractivity contribution in [3.63, 3.8) is 0 Å². The number of carbonyl (C=O) groups is 1. The second-order valence-electron chi connectivity index (χ2n) is 5.86. The maximum absolute atomic E-state index is 11.6. The van der Waals surface area contributed by atoms with Gasteiger partial charge in [0.15, 0.2) is 11.5 Å². The van der Waals surface area contributed by atoms with E-state index in [9.17, 15) is 4.79 Å². The third kappa shape index (κ3) is 2.92. The molecule has 1 N–H and O–H groups in total. The Morgan fingerprint density at radius 1 is 1.41 bits per heavy atom. The zero-order valence-corrected chi connectivity index (χ0v) is 12.8. The van der Waals surface area contributed by atoms with Crippen LogP contribution in [0.5, 0.6) is 11.5 Å². The van der Waals surface area contributed by atoms with Gasteiger partial charge >= 0.3 is 0 Å². The third-order valence-electron chi connectivity index (χ3n) is 4.07. The number of nitrogens with zero attached hydrogens (tertiary/aromatic N) is 1. The number of amides is 1. The molecule has 6 nitrogen and oxygen atoms in total. The number of rotatable bonds is 4. The lowest BCUT2D eigenvalue weighted by atomic mass is 9.79. The van der Waals surface area contributed by atoms with Crippen molar-refractivity contribution in [3.8, 4) is 11.5 Å². The van der Waals surface area contributed by atoms with Gasteiger partial charge < -0.3 is 14.2 Å². The van der Waals surface area contributed by atoms with E-state index in [2.05, 4.69) is 10.5 Å². The van der Waals surface area contributed by atoms with Gasteiger partial charge in [-0.3, -0.25) is 4.79 Å². The second kappa shape index (κ2) is 5.96. The Hall–Kier alpha value is -2.08. The van der Waals surface area contributed by atoms with E-state index in [0.717, 1.165) is 18.6 Å². The highest BCUT2D eigenvalue weighted by Crippen LogP contribution is 2.36. The van der Waals surface area contributed by atoms with Crippen molar-refractivity contribution < 1.29 is 19.0 Å². The Morgan fingerprint density at radius 3 is 2.95 bits per heavy atom. The predicted octanol–water partition coefficient (Wildman–Crippen LogP) is 1.63. The van der Waals surface area contributed by atoms with Gasteiger partial charge in [-0.05, 0) is 24.6 Å². The highest BCUT2D eigenvalue weighted by molar-refractivity contribution is 5.89. The number of carbonyl (C=O) groups excluding carboxylic acids is 1. The largest absolute Gasteiger partial charge is 0.493 e. The minimum atomic E-state index is -0.440. The van der Waals surface area contributed by atoms with E-state index in [4.69, 9.17) is 14.2 Å². The van der Waals surface area contributed by atoms with E-state index >= 15 is 0 Å². The first-order chi connectivity index (χ1) is 10.6. The van der Waals surface area contributed by atoms with Gasteiger partial charge in [0.2, 0.25) is 5.91 Å². The van der Waals surface area contributed by atoms with Crippen LogP contribution in [0.3, 0.4) is 0 Å². The lowest BCUT2D eigenvalue weighted by molar-refractivity contribution is -0.122. The number of hydrazone groups is 1. The molecule has 2 aliphatic rings. The summed E-state index contributed by atoms with van der Waals surface area (Å²) in [4.78, 5) is 11.6. The molecule has 2 unspecified atom stereocenters. The van der Waals surface area contributed by atoms with Crippen molar-refractivity contribution in [1.82, 2.24) is 5.43 Å². The topological polar surface area (TPSA) is 69.2 Å². The lowest BCUT2D eigenvalue weighted by Gasteiger charge is -2.28. The van der Waals surface area contributed by atoms with Crippen LogP contribution in [-0.2, 0) is 14.9 Å². The average molecular weight is 304 g/mol. The van der Waals surface area contributed by atoms with Gasteiger partial charge in [0.25, 0.3) is 0 Å². The summed E-state index contributed by atoms with van der Waals surface area (Å²) in [5.74, 6) is 1.26. The standard InChI is InChI=1S/C16H20N2O4/c1-16(8-15(19)18-17-10-16)11-3-4-13(14(7-11)20-2)22-12-5-6-21-9-12/h3-4,7,10,12H,5-6,8-9H2,1-2H3,(H,18,19). The molecule has 0 bridgehead atoms. The first-order valence-corrected chi connectivity index (χ1v) is 7.37. The predicted molar refractivity (Wildman–Crippen MR) is 81.4 cm³/mol. The Morgan fingerprint density at radius 2 is 2.27 bits per heavy atom. The number of nitrogens with one attached hydrogen (secondary N) is 1. The molecular formula is C16H20N2O4. The summed E-state index contributed by atoms with van der Waals surface area (Å²) in [6, 6.07) is 5.76. The molecule has 1 aromatic carbocycles. The number of hydrogen-bond acceptors (Lipinski definition) is 5. The molecule has 2 heterocycles. The van der Waals surface area contributed by atoms with Crippen LogP contribution < -0.4 is 14.9 Å². The van der Waals surface area contributed by atoms with Gasteiger partial charge in [0, 0.05) is 24.5 Å². The van der Waals surface area contributed by atoms with E-state index < -0.39 is 5.41 Å². The molecule has 118 valence electrons. The molecule has 1 amide bonds. The van der Waals surface area contributed by atoms with Crippen molar-refractivity contribution in [1.29, 1.82) is 0 Å². The van der Waals surface area contributed by atoms with Crippen LogP contribution in [0.1, 0.15) is 25.3 Å². The van der Waals surface area contributed by atoms with E-state index in [1.165, 1.54) is 0 Å². The Kier molecular flexibility index (Phi) is 4.02. The molecule has 0 radical (unpaired) electrons. The number of ether oxygens (including phenoxy) is 3. The smallest absolute Gasteiger partial charge is 0.241 e. The fourth-order valence-corrected chi connectivity index (χ4v) is 2.75. The fraction of sp³-hybridized carbons (Fsp3) is 0.500. The molecule has 0 saturated carbocycles. The minimum absolute atomic E-state index is 0.0670. The Labute approximate surface area is 129 Å². The van der Waals surface area contributed by atoms with Gasteiger partial charge in [0.05, 0.1) is 20.3 Å². The van der Waals surface area contributed by atoms with Crippen LogP contribution in [-0.4, -0.2) is 38.5 Å². The monoisotopic (exact) mass is 304 g/mol. The van der Waals surface area contributed by atoms with Crippen LogP contribution >= 0.6 is 0 Å². The van der Waals surface area contributed by atoms with Crippen LogP contribution in [0.2, 0.25) is 0 Å². The van der Waals surface area contributed by atoms with Crippen molar-refractivity contribution >= 4 is 12.1 Å². The third-order valence-corrected chi connectivity index (χ3v) is 4.07. The van der Waals surface area contributed by atoms with Gasteiger partial charge in [-0.15, -0.1) is 0 Å². The van der Waals surface area contributed by atoms with Crippen molar-refractivity contribution in [2.75, 3.05) is 20.3 Å². The quantitative estimate of drug-likeness (QED) is 0.918. The van der Waals surface area contributed by atoms with E-state index in [0.29, 0.717) is 24.5 Å². The zero-order valence-electron chi connectivity index (χ0n) is 12.8. The Balaban J connectivity index is 1.86. The summed E-state index contributed by atoms with van der Waals surface area (Å²) in [6.45, 7) is 3.32. The summed E-state index contributed by atoms with van der Waals surface area (Å²) in [5.41, 5.74) is 2.99. The minimum Gasteiger partial charge on any atom is -0.493 e. The summed E-state index contributed by atoms with van der Waals surface area (Å²) < 4.78 is 16.7. The molecule has 22 heavy (non-hydrogen) atoms. The van der Waals surface area contributed by atoms with Crippen molar-refractivity contribution in [2.24, 2.45) is 5.10 Å². The van der Waals surface area contributed by atoms with Gasteiger partial charge in [-0.1, -0.05) is 6.07 Å². The molecule has 0 spiro atoms. The normalized spacial score (nSPS) is 27.5. The van der Waals surface area contributed by atoms with E-state index in [-0.39, 0.29) is 12.0 Å². The fourth-order valence-electron chi connectivity index (χ4n) is 2.75. The molecule has 2 atom stereocenters. The lowest BCUT2D eigenvalue weighted by Crippen LogP contribution is -2.37. The highest BCUT2D eigenvalue weighted by atomic mass is 16.6. The van der Waals surface area contributed by atoms with Gasteiger partial charge in [0.1, 0.15) is 6.10 Å². The second-order valence-corrected chi connectivity index (χ2v) is 5.86. The first-order valence-electron chi connectivity index (χ1n) is 7.37. The van der Waals surface area contributed by atoms with Crippen LogP contribution in [0.4, 0.5) is 0 Å². The van der Waals surface area contributed by atoms with Gasteiger partial charge in [-0.2, -0.15) is 5.10 Å². The van der Waals surface area contributed by atoms with Crippen LogP contribution in [0.15, 0.2) is 23.3 Å². The molecule has 1 aromatic rings. The first kappa shape index (κ1) is 14.8. The molecule has 3 rings (SSSR count). The summed E-state index contributed by atoms with van der Waals surface area (Å²) >= 11 is 0. The van der Waals surface area contributed by atoms with Crippen LogP contribution in [0.25, 0.3) is 0 Å². The summed E-state index contributed by atoms with van der Waals surface area (Å²) in [6.07, 6.45) is 3.07. The molecule has 1 saturated heterocycles. The SMILES string of the molecule is COc1cc(C2(C)C=NNC(=O)C2)ccc1OC1CCOC1.